The Labute approximate surface area is 114 Å². The molecule has 0 fully saturated rings. The zero-order valence-electron chi connectivity index (χ0n) is 9.74. The number of rotatable bonds is 3. The molecule has 0 aliphatic rings. The Bertz CT molecular complexity index is 630. The maximum Gasteiger partial charge on any atom is 0.191 e. The molecule has 0 bridgehead atoms. The van der Waals surface area contributed by atoms with Crippen LogP contribution in [-0.2, 0) is 0 Å². The molecule has 19 heavy (non-hydrogen) atoms. The summed E-state index contributed by atoms with van der Waals surface area (Å²) < 4.78 is 26.8. The Balaban J connectivity index is 2.30. The highest BCUT2D eigenvalue weighted by Gasteiger charge is 2.14. The number of ketones is 1. The molecule has 2 rings (SSSR count). The molecule has 4 heteroatoms. The standard InChI is InChI=1S/C15H9ClF2O/c16-11-5-2-1-4-10(11)8-9-14(19)15-12(17)6-3-7-13(15)18/h1-9H/b9-8+. The van der Waals surface area contributed by atoms with E-state index < -0.39 is 23.0 Å². The number of carbonyl (C=O) groups excluding carboxylic acids is 1. The molecule has 1 nitrogen and oxygen atoms in total. The third kappa shape index (κ3) is 3.06. The van der Waals surface area contributed by atoms with Crippen molar-refractivity contribution in [1.82, 2.24) is 0 Å². The summed E-state index contributed by atoms with van der Waals surface area (Å²) in [5.74, 6) is -2.50. The van der Waals surface area contributed by atoms with Crippen LogP contribution in [0.4, 0.5) is 8.78 Å². The molecule has 0 saturated carbocycles. The molecule has 0 aliphatic heterocycles. The van der Waals surface area contributed by atoms with Crippen molar-refractivity contribution in [3.8, 4) is 0 Å². The van der Waals surface area contributed by atoms with E-state index in [4.69, 9.17) is 11.6 Å². The average Bonchev–Trinajstić information content (AvgIpc) is 2.37. The van der Waals surface area contributed by atoms with Gasteiger partial charge in [-0.1, -0.05) is 35.9 Å². The first kappa shape index (κ1) is 13.4. The summed E-state index contributed by atoms with van der Waals surface area (Å²) in [5.41, 5.74) is 0.0417. The third-order valence-electron chi connectivity index (χ3n) is 2.53. The van der Waals surface area contributed by atoms with Gasteiger partial charge in [0.2, 0.25) is 0 Å². The minimum absolute atomic E-state index is 0.459. The zero-order chi connectivity index (χ0) is 13.8. The molecule has 0 saturated heterocycles. The van der Waals surface area contributed by atoms with Crippen molar-refractivity contribution in [3.63, 3.8) is 0 Å². The normalized spacial score (nSPS) is 10.9. The molecule has 2 aromatic carbocycles. The Kier molecular flexibility index (Phi) is 4.07. The van der Waals surface area contributed by atoms with E-state index in [1.54, 1.807) is 24.3 Å². The summed E-state index contributed by atoms with van der Waals surface area (Å²) in [5, 5.41) is 0.459. The number of hydrogen-bond donors (Lipinski definition) is 0. The minimum atomic E-state index is -0.881. The molecule has 0 heterocycles. The molecule has 96 valence electrons. The van der Waals surface area contributed by atoms with Crippen LogP contribution in [0.2, 0.25) is 5.02 Å². The van der Waals surface area contributed by atoms with Gasteiger partial charge in [-0.2, -0.15) is 0 Å². The number of carbonyl (C=O) groups is 1. The zero-order valence-corrected chi connectivity index (χ0v) is 10.5. The highest BCUT2D eigenvalue weighted by Crippen LogP contribution is 2.18. The second-order valence-electron chi connectivity index (χ2n) is 3.82. The van der Waals surface area contributed by atoms with Gasteiger partial charge in [0.25, 0.3) is 0 Å². The van der Waals surface area contributed by atoms with Gasteiger partial charge in [-0.3, -0.25) is 4.79 Å². The number of halogens is 3. The van der Waals surface area contributed by atoms with Crippen LogP contribution in [0.5, 0.6) is 0 Å². The van der Waals surface area contributed by atoms with Gasteiger partial charge in [0.1, 0.15) is 11.6 Å². The van der Waals surface area contributed by atoms with E-state index in [9.17, 15) is 13.6 Å². The number of hydrogen-bond acceptors (Lipinski definition) is 1. The Hall–Kier alpha value is -2.00. The van der Waals surface area contributed by atoms with Crippen molar-refractivity contribution < 1.29 is 13.6 Å². The van der Waals surface area contributed by atoms with Crippen LogP contribution in [0.1, 0.15) is 15.9 Å². The van der Waals surface area contributed by atoms with Crippen LogP contribution in [0.15, 0.2) is 48.5 Å². The third-order valence-corrected chi connectivity index (χ3v) is 2.87. The summed E-state index contributed by atoms with van der Waals surface area (Å²) in [4.78, 5) is 11.8. The predicted molar refractivity (Wildman–Crippen MR) is 71.2 cm³/mol. The first-order chi connectivity index (χ1) is 9.09. The van der Waals surface area contributed by atoms with Gasteiger partial charge >= 0.3 is 0 Å². The van der Waals surface area contributed by atoms with E-state index in [2.05, 4.69) is 0 Å². The fourth-order valence-corrected chi connectivity index (χ4v) is 1.79. The second-order valence-corrected chi connectivity index (χ2v) is 4.22. The van der Waals surface area contributed by atoms with Crippen molar-refractivity contribution in [2.24, 2.45) is 0 Å². The molecule has 2 aromatic rings. The molecule has 0 spiro atoms. The first-order valence-corrected chi connectivity index (χ1v) is 5.88. The highest BCUT2D eigenvalue weighted by molar-refractivity contribution is 6.32. The van der Waals surface area contributed by atoms with E-state index in [0.717, 1.165) is 18.2 Å². The number of allylic oxidation sites excluding steroid dienone is 1. The van der Waals surface area contributed by atoms with Crippen molar-refractivity contribution in [2.75, 3.05) is 0 Å². The Morgan fingerprint density at radius 3 is 2.26 bits per heavy atom. The lowest BCUT2D eigenvalue weighted by molar-refractivity contribution is 0.104. The molecule has 0 radical (unpaired) electrons. The average molecular weight is 279 g/mol. The summed E-state index contributed by atoms with van der Waals surface area (Å²) in [6.45, 7) is 0. The van der Waals surface area contributed by atoms with Gasteiger partial charge in [0.15, 0.2) is 5.78 Å². The van der Waals surface area contributed by atoms with Crippen molar-refractivity contribution in [2.45, 2.75) is 0 Å². The van der Waals surface area contributed by atoms with Crippen LogP contribution in [0.3, 0.4) is 0 Å². The molecular weight excluding hydrogens is 270 g/mol. The van der Waals surface area contributed by atoms with Gasteiger partial charge in [0, 0.05) is 5.02 Å². The van der Waals surface area contributed by atoms with E-state index in [-0.39, 0.29) is 0 Å². The van der Waals surface area contributed by atoms with Gasteiger partial charge in [-0.05, 0) is 35.9 Å². The van der Waals surface area contributed by atoms with Crippen molar-refractivity contribution >= 4 is 23.5 Å². The van der Waals surface area contributed by atoms with Gasteiger partial charge in [0.05, 0.1) is 5.56 Å². The maximum atomic E-state index is 13.4. The number of benzene rings is 2. The molecule has 0 atom stereocenters. The molecule has 0 aliphatic carbocycles. The van der Waals surface area contributed by atoms with Crippen molar-refractivity contribution in [3.05, 3.63) is 76.3 Å². The van der Waals surface area contributed by atoms with Crippen LogP contribution in [0, 0.1) is 11.6 Å². The fourth-order valence-electron chi connectivity index (χ4n) is 1.59. The van der Waals surface area contributed by atoms with E-state index in [1.807, 2.05) is 0 Å². The molecule has 0 N–H and O–H groups in total. The summed E-state index contributed by atoms with van der Waals surface area (Å²) >= 11 is 5.91. The Morgan fingerprint density at radius 1 is 1.00 bits per heavy atom. The quantitative estimate of drug-likeness (QED) is 0.596. The summed E-state index contributed by atoms with van der Waals surface area (Å²) in [6.07, 6.45) is 2.53. The predicted octanol–water partition coefficient (Wildman–Crippen LogP) is 4.51. The largest absolute Gasteiger partial charge is 0.289 e. The van der Waals surface area contributed by atoms with Crippen LogP contribution in [-0.4, -0.2) is 5.78 Å². The maximum absolute atomic E-state index is 13.4. The topological polar surface area (TPSA) is 17.1 Å². The fraction of sp³-hybridized carbons (Fsp3) is 0. The Morgan fingerprint density at radius 2 is 1.63 bits per heavy atom. The molecule has 0 unspecified atom stereocenters. The van der Waals surface area contributed by atoms with Crippen LogP contribution < -0.4 is 0 Å². The second kappa shape index (κ2) is 5.76. The van der Waals surface area contributed by atoms with Gasteiger partial charge < -0.3 is 0 Å². The molecular formula is C15H9ClF2O. The molecule has 0 aromatic heterocycles. The molecule has 0 amide bonds. The lowest BCUT2D eigenvalue weighted by Gasteiger charge is -2.00. The van der Waals surface area contributed by atoms with E-state index in [0.29, 0.717) is 10.6 Å². The summed E-state index contributed by atoms with van der Waals surface area (Å²) in [7, 11) is 0. The lowest BCUT2D eigenvalue weighted by Crippen LogP contribution is -2.02. The van der Waals surface area contributed by atoms with Gasteiger partial charge in [-0.25, -0.2) is 8.78 Å². The van der Waals surface area contributed by atoms with Crippen LogP contribution >= 0.6 is 11.6 Å². The monoisotopic (exact) mass is 278 g/mol. The summed E-state index contributed by atoms with van der Waals surface area (Å²) in [6, 6.07) is 10.1. The lowest BCUT2D eigenvalue weighted by atomic mass is 10.1. The van der Waals surface area contributed by atoms with Crippen LogP contribution in [0.25, 0.3) is 6.08 Å². The highest BCUT2D eigenvalue weighted by atomic mass is 35.5. The van der Waals surface area contributed by atoms with E-state index in [1.165, 1.54) is 12.1 Å². The van der Waals surface area contributed by atoms with Crippen molar-refractivity contribution in [1.29, 1.82) is 0 Å². The van der Waals surface area contributed by atoms with Gasteiger partial charge in [-0.15, -0.1) is 0 Å². The minimum Gasteiger partial charge on any atom is -0.289 e. The smallest absolute Gasteiger partial charge is 0.191 e. The first-order valence-electron chi connectivity index (χ1n) is 5.50. The SMILES string of the molecule is O=C(/C=C/c1ccccc1Cl)c1c(F)cccc1F. The van der Waals surface area contributed by atoms with E-state index >= 15 is 0 Å².